The molecule has 0 radical (unpaired) electrons. The number of primary sulfonamides is 1. The number of carboxylic acids is 1. The fourth-order valence-corrected chi connectivity index (χ4v) is 2.04. The van der Waals surface area contributed by atoms with Crippen LogP contribution in [-0.2, 0) is 14.8 Å². The minimum atomic E-state index is -4.11. The molecule has 0 rings (SSSR count). The van der Waals surface area contributed by atoms with Crippen LogP contribution >= 0.6 is 0 Å². The summed E-state index contributed by atoms with van der Waals surface area (Å²) in [5, 5.41) is 13.4. The predicted octanol–water partition coefficient (Wildman–Crippen LogP) is -2.94. The van der Waals surface area contributed by atoms with E-state index in [-0.39, 0.29) is 4.48 Å². The molecule has 0 aliphatic heterocycles. The zero-order valence-electron chi connectivity index (χ0n) is 7.14. The lowest BCUT2D eigenvalue weighted by atomic mass is 10.5. The summed E-state index contributed by atoms with van der Waals surface area (Å²) in [5.41, 5.74) is 0. The van der Waals surface area contributed by atoms with Crippen LogP contribution in [0, 0.1) is 0 Å². The first-order valence-electron chi connectivity index (χ1n) is 3.10. The van der Waals surface area contributed by atoms with Crippen molar-refractivity contribution in [2.24, 2.45) is 5.14 Å². The molecule has 72 valence electrons. The van der Waals surface area contributed by atoms with Gasteiger partial charge in [-0.1, -0.05) is 0 Å². The molecule has 1 atom stereocenters. The van der Waals surface area contributed by atoms with E-state index in [9.17, 15) is 18.3 Å². The quantitative estimate of drug-likeness (QED) is 0.488. The highest BCUT2D eigenvalue weighted by atomic mass is 32.2. The van der Waals surface area contributed by atoms with Gasteiger partial charge in [0, 0.05) is 0 Å². The summed E-state index contributed by atoms with van der Waals surface area (Å²) in [4.78, 5) is 10.4. The minimum absolute atomic E-state index is 0.318. The van der Waals surface area contributed by atoms with Crippen molar-refractivity contribution in [3.63, 3.8) is 0 Å². The summed E-state index contributed by atoms with van der Waals surface area (Å²) in [6.07, 6.45) is 0. The molecule has 0 heterocycles. The number of hydrogen-bond donors (Lipinski definition) is 1. The molecule has 7 heteroatoms. The number of nitrogens with two attached hydrogens (primary N) is 1. The fourth-order valence-electron chi connectivity index (χ4n) is 0.891. The molecular formula is C5H12N2O4S. The lowest BCUT2D eigenvalue weighted by Gasteiger charge is -2.32. The Bertz CT molecular complexity index is 276. The van der Waals surface area contributed by atoms with Gasteiger partial charge in [-0.3, -0.25) is 0 Å². The summed E-state index contributed by atoms with van der Waals surface area (Å²) in [6.45, 7) is 0. The average molecular weight is 196 g/mol. The second-order valence-electron chi connectivity index (χ2n) is 3.38. The molecular weight excluding hydrogens is 184 g/mol. The van der Waals surface area contributed by atoms with E-state index >= 15 is 0 Å². The number of carbonyl (C=O) groups excluding carboxylic acids is 1. The largest absolute Gasteiger partial charge is 0.543 e. The molecule has 0 amide bonds. The van der Waals surface area contributed by atoms with Crippen LogP contribution in [0.25, 0.3) is 0 Å². The maximum absolute atomic E-state index is 10.8. The number of carboxylic acid groups (broad SMARTS) is 1. The van der Waals surface area contributed by atoms with E-state index in [4.69, 9.17) is 5.14 Å². The summed E-state index contributed by atoms with van der Waals surface area (Å²) < 4.78 is 21.2. The highest BCUT2D eigenvalue weighted by Gasteiger charge is 2.35. The molecule has 0 saturated carbocycles. The normalized spacial score (nSPS) is 15.7. The molecule has 0 aliphatic carbocycles. The third kappa shape index (κ3) is 2.76. The molecule has 0 aromatic heterocycles. The van der Waals surface area contributed by atoms with E-state index in [1.807, 2.05) is 0 Å². The number of rotatable bonds is 3. The Hall–Kier alpha value is -0.660. The van der Waals surface area contributed by atoms with Gasteiger partial charge in [-0.05, 0) is 0 Å². The Morgan fingerprint density at radius 2 is 1.75 bits per heavy atom. The molecule has 0 fully saturated rings. The molecule has 0 aromatic rings. The molecule has 0 aromatic carbocycles. The van der Waals surface area contributed by atoms with Gasteiger partial charge in [0.2, 0.25) is 5.37 Å². The zero-order chi connectivity index (χ0) is 10.2. The second kappa shape index (κ2) is 3.00. The van der Waals surface area contributed by atoms with Crippen molar-refractivity contribution in [3.05, 3.63) is 0 Å². The van der Waals surface area contributed by atoms with Gasteiger partial charge in [0.1, 0.15) is 5.97 Å². The first-order chi connectivity index (χ1) is 5.07. The Balaban J connectivity index is 5.11. The molecule has 0 aliphatic rings. The van der Waals surface area contributed by atoms with Gasteiger partial charge in [0.15, 0.2) is 0 Å². The number of sulfonamides is 1. The number of quaternary nitrogens is 1. The van der Waals surface area contributed by atoms with Crippen LogP contribution in [0.15, 0.2) is 0 Å². The Kier molecular flexibility index (Phi) is 2.83. The first-order valence-corrected chi connectivity index (χ1v) is 4.71. The molecule has 2 N–H and O–H groups in total. The Labute approximate surface area is 71.2 Å². The van der Waals surface area contributed by atoms with Crippen LogP contribution < -0.4 is 10.2 Å². The maximum atomic E-state index is 10.8. The fraction of sp³-hybridized carbons (Fsp3) is 0.800. The van der Waals surface area contributed by atoms with Crippen molar-refractivity contribution >= 4 is 16.0 Å². The average Bonchev–Trinajstić information content (AvgIpc) is 1.49. The van der Waals surface area contributed by atoms with Gasteiger partial charge in [0.05, 0.1) is 21.1 Å². The van der Waals surface area contributed by atoms with Crippen molar-refractivity contribution < 1.29 is 22.8 Å². The second-order valence-corrected chi connectivity index (χ2v) is 5.00. The SMILES string of the molecule is C[N+](C)(C)C(C(=O)[O-])S(N)(=O)=O. The molecule has 0 spiro atoms. The van der Waals surface area contributed by atoms with E-state index in [2.05, 4.69) is 0 Å². The van der Waals surface area contributed by atoms with Crippen molar-refractivity contribution in [1.29, 1.82) is 0 Å². The predicted molar refractivity (Wildman–Crippen MR) is 39.9 cm³/mol. The van der Waals surface area contributed by atoms with Gasteiger partial charge >= 0.3 is 0 Å². The first kappa shape index (κ1) is 11.3. The van der Waals surface area contributed by atoms with Crippen LogP contribution in [0.1, 0.15) is 0 Å². The lowest BCUT2D eigenvalue weighted by molar-refractivity contribution is -0.875. The smallest absolute Gasteiger partial charge is 0.268 e. The Morgan fingerprint density at radius 3 is 1.75 bits per heavy atom. The molecule has 1 unspecified atom stereocenters. The third-order valence-corrected chi connectivity index (χ3v) is 2.66. The van der Waals surface area contributed by atoms with Crippen molar-refractivity contribution in [2.45, 2.75) is 5.37 Å². The standard InChI is InChI=1S/C5H12N2O4S/c1-7(2,3)4(5(8)9)12(6,10)11/h4H,1-3H3,(H2-,6,8,9,10,11). The number of hydrogen-bond acceptors (Lipinski definition) is 4. The molecule has 0 bridgehead atoms. The van der Waals surface area contributed by atoms with Crippen molar-refractivity contribution in [3.8, 4) is 0 Å². The summed E-state index contributed by atoms with van der Waals surface area (Å²) >= 11 is 0. The number of aliphatic carboxylic acids is 1. The van der Waals surface area contributed by atoms with Gasteiger partial charge < -0.3 is 14.4 Å². The van der Waals surface area contributed by atoms with Crippen LogP contribution in [0.4, 0.5) is 0 Å². The van der Waals surface area contributed by atoms with Gasteiger partial charge in [-0.15, -0.1) is 0 Å². The van der Waals surface area contributed by atoms with Crippen LogP contribution in [0.3, 0.4) is 0 Å². The zero-order valence-corrected chi connectivity index (χ0v) is 7.96. The highest BCUT2D eigenvalue weighted by molar-refractivity contribution is 7.90. The van der Waals surface area contributed by atoms with Gasteiger partial charge in [0.25, 0.3) is 10.0 Å². The van der Waals surface area contributed by atoms with E-state index < -0.39 is 21.4 Å². The monoisotopic (exact) mass is 196 g/mol. The van der Waals surface area contributed by atoms with Gasteiger partial charge in [-0.25, -0.2) is 13.6 Å². The summed E-state index contributed by atoms with van der Waals surface area (Å²) in [5.74, 6) is -1.69. The topological polar surface area (TPSA) is 100 Å². The highest BCUT2D eigenvalue weighted by Crippen LogP contribution is 2.06. The third-order valence-electron chi connectivity index (χ3n) is 1.22. The maximum Gasteiger partial charge on any atom is 0.268 e. The molecule has 0 saturated heterocycles. The number of nitrogens with zero attached hydrogens (tertiary/aromatic N) is 1. The van der Waals surface area contributed by atoms with Crippen LogP contribution in [0.2, 0.25) is 0 Å². The number of likely N-dealkylation sites (N-methyl/N-ethyl adjacent to an activating group) is 1. The summed E-state index contributed by atoms with van der Waals surface area (Å²) in [6, 6.07) is 0. The summed E-state index contributed by atoms with van der Waals surface area (Å²) in [7, 11) is 0.111. The van der Waals surface area contributed by atoms with Crippen molar-refractivity contribution in [2.75, 3.05) is 21.1 Å². The molecule has 6 nitrogen and oxygen atoms in total. The minimum Gasteiger partial charge on any atom is -0.543 e. The van der Waals surface area contributed by atoms with Crippen LogP contribution in [0.5, 0.6) is 0 Å². The lowest BCUT2D eigenvalue weighted by Crippen LogP contribution is -2.60. The van der Waals surface area contributed by atoms with Gasteiger partial charge in [-0.2, -0.15) is 0 Å². The van der Waals surface area contributed by atoms with E-state index in [0.717, 1.165) is 0 Å². The van der Waals surface area contributed by atoms with E-state index in [1.54, 1.807) is 0 Å². The Morgan fingerprint density at radius 1 is 1.42 bits per heavy atom. The van der Waals surface area contributed by atoms with E-state index in [1.165, 1.54) is 21.1 Å². The van der Waals surface area contributed by atoms with E-state index in [0.29, 0.717) is 0 Å². The molecule has 12 heavy (non-hydrogen) atoms. The number of carbonyl (C=O) groups is 1. The van der Waals surface area contributed by atoms with Crippen LogP contribution in [-0.4, -0.2) is 45.4 Å². The van der Waals surface area contributed by atoms with Crippen molar-refractivity contribution in [1.82, 2.24) is 0 Å².